The number of hydrogen-bond donors (Lipinski definition) is 1. The van der Waals surface area contributed by atoms with Crippen LogP contribution in [0, 0.1) is 17.6 Å². The molecule has 2 aliphatic heterocycles. The van der Waals surface area contributed by atoms with Gasteiger partial charge < -0.3 is 15.1 Å². The van der Waals surface area contributed by atoms with Gasteiger partial charge in [0.05, 0.1) is 15.7 Å². The summed E-state index contributed by atoms with van der Waals surface area (Å²) in [6.45, 7) is 3.90. The van der Waals surface area contributed by atoms with Crippen molar-refractivity contribution >= 4 is 40.5 Å². The lowest BCUT2D eigenvalue weighted by Gasteiger charge is -2.35. The minimum absolute atomic E-state index is 0.0302. The molecule has 0 radical (unpaired) electrons. The highest BCUT2D eigenvalue weighted by molar-refractivity contribution is 6.40. The highest BCUT2D eigenvalue weighted by Gasteiger charge is 2.30. The second-order valence-corrected chi connectivity index (χ2v) is 8.66. The lowest BCUT2D eigenvalue weighted by atomic mass is 9.90. The summed E-state index contributed by atoms with van der Waals surface area (Å²) >= 11 is 13.2. The van der Waals surface area contributed by atoms with Crippen LogP contribution in [0.5, 0.6) is 0 Å². The fourth-order valence-electron chi connectivity index (χ4n) is 4.21. The Hall–Kier alpha value is -1.89. The summed E-state index contributed by atoms with van der Waals surface area (Å²) in [5.74, 6) is -1.18. The summed E-state index contributed by atoms with van der Waals surface area (Å²) in [6, 6.07) is 7.32. The number of amides is 1. The minimum Gasteiger partial charge on any atom is -0.369 e. The maximum absolute atomic E-state index is 14.1. The smallest absolute Gasteiger partial charge is 0.227 e. The zero-order valence-electron chi connectivity index (χ0n) is 16.4. The van der Waals surface area contributed by atoms with E-state index in [4.69, 9.17) is 23.2 Å². The molecule has 1 N–H and O–H groups in total. The lowest BCUT2D eigenvalue weighted by Crippen LogP contribution is -2.43. The molecule has 2 heterocycles. The van der Waals surface area contributed by atoms with E-state index in [0.717, 1.165) is 37.9 Å². The predicted octanol–water partition coefficient (Wildman–Crippen LogP) is 4.67. The van der Waals surface area contributed by atoms with Gasteiger partial charge in [0.2, 0.25) is 5.91 Å². The topological polar surface area (TPSA) is 35.6 Å². The summed E-state index contributed by atoms with van der Waals surface area (Å²) < 4.78 is 27.3. The second kappa shape index (κ2) is 9.08. The Bertz CT molecular complexity index is 927. The van der Waals surface area contributed by atoms with E-state index in [2.05, 4.69) is 10.2 Å². The zero-order chi connectivity index (χ0) is 21.3. The molecule has 2 aliphatic rings. The van der Waals surface area contributed by atoms with E-state index in [0.29, 0.717) is 47.1 Å². The molecule has 160 valence electrons. The first-order valence-electron chi connectivity index (χ1n) is 10.1. The molecular weight excluding hydrogens is 431 g/mol. The fourth-order valence-corrected chi connectivity index (χ4v) is 4.89. The van der Waals surface area contributed by atoms with Crippen LogP contribution in [-0.2, 0) is 11.2 Å². The first-order valence-corrected chi connectivity index (χ1v) is 10.9. The first-order chi connectivity index (χ1) is 14.4. The van der Waals surface area contributed by atoms with Crippen LogP contribution in [0.1, 0.15) is 18.4 Å². The van der Waals surface area contributed by atoms with Crippen molar-refractivity contribution < 1.29 is 13.6 Å². The monoisotopic (exact) mass is 453 g/mol. The molecule has 4 nitrogen and oxygen atoms in total. The molecule has 2 aromatic carbocycles. The molecule has 2 aromatic rings. The summed E-state index contributed by atoms with van der Waals surface area (Å²) in [5.41, 5.74) is 1.89. The Morgan fingerprint density at radius 1 is 1.07 bits per heavy atom. The number of rotatable bonds is 4. The van der Waals surface area contributed by atoms with Crippen LogP contribution in [0.15, 0.2) is 30.3 Å². The summed E-state index contributed by atoms with van der Waals surface area (Å²) in [5, 5.41) is 4.16. The van der Waals surface area contributed by atoms with Crippen LogP contribution in [0.25, 0.3) is 0 Å². The molecule has 1 unspecified atom stereocenters. The Labute approximate surface area is 184 Å². The number of nitrogens with zero attached hydrogens (tertiary/aromatic N) is 2. The average Bonchev–Trinajstić information content (AvgIpc) is 2.72. The summed E-state index contributed by atoms with van der Waals surface area (Å²) in [4.78, 5) is 16.5. The minimum atomic E-state index is -0.597. The lowest BCUT2D eigenvalue weighted by molar-refractivity contribution is -0.120. The second-order valence-electron chi connectivity index (χ2n) is 7.84. The van der Waals surface area contributed by atoms with Gasteiger partial charge in [-0.15, -0.1) is 0 Å². The Morgan fingerprint density at radius 2 is 1.77 bits per heavy atom. The number of nitrogens with one attached hydrogen (secondary N) is 1. The Balaban J connectivity index is 1.55. The van der Waals surface area contributed by atoms with Crippen LogP contribution >= 0.6 is 23.2 Å². The Kier molecular flexibility index (Phi) is 6.46. The third kappa shape index (κ3) is 4.56. The van der Waals surface area contributed by atoms with Crippen LogP contribution < -0.4 is 15.1 Å². The molecule has 1 amide bonds. The van der Waals surface area contributed by atoms with Crippen molar-refractivity contribution in [2.45, 2.75) is 19.3 Å². The zero-order valence-corrected chi connectivity index (χ0v) is 17.9. The van der Waals surface area contributed by atoms with Gasteiger partial charge in [-0.2, -0.15) is 0 Å². The van der Waals surface area contributed by atoms with E-state index in [9.17, 15) is 13.6 Å². The van der Waals surface area contributed by atoms with E-state index in [1.165, 1.54) is 12.1 Å². The highest BCUT2D eigenvalue weighted by Crippen LogP contribution is 2.40. The molecule has 0 aromatic heterocycles. The summed E-state index contributed by atoms with van der Waals surface area (Å²) in [6.07, 6.45) is 1.39. The van der Waals surface area contributed by atoms with Crippen LogP contribution in [0.3, 0.4) is 0 Å². The van der Waals surface area contributed by atoms with E-state index >= 15 is 0 Å². The van der Waals surface area contributed by atoms with Gasteiger partial charge in [0, 0.05) is 50.9 Å². The van der Waals surface area contributed by atoms with Crippen molar-refractivity contribution in [3.05, 3.63) is 57.6 Å². The quantitative estimate of drug-likeness (QED) is 0.730. The Morgan fingerprint density at radius 3 is 2.43 bits per heavy atom. The molecule has 0 saturated carbocycles. The molecule has 0 bridgehead atoms. The van der Waals surface area contributed by atoms with Gasteiger partial charge in [0.1, 0.15) is 11.6 Å². The van der Waals surface area contributed by atoms with Crippen molar-refractivity contribution in [1.82, 2.24) is 5.32 Å². The van der Waals surface area contributed by atoms with Gasteiger partial charge in [-0.25, -0.2) is 8.78 Å². The van der Waals surface area contributed by atoms with E-state index < -0.39 is 11.6 Å². The number of piperidine rings is 1. The normalized spacial score (nSPS) is 20.0. The number of benzene rings is 2. The van der Waals surface area contributed by atoms with Gasteiger partial charge >= 0.3 is 0 Å². The molecule has 0 spiro atoms. The van der Waals surface area contributed by atoms with Crippen molar-refractivity contribution in [2.75, 3.05) is 42.5 Å². The maximum Gasteiger partial charge on any atom is 0.227 e. The van der Waals surface area contributed by atoms with Crippen molar-refractivity contribution in [3.63, 3.8) is 0 Å². The van der Waals surface area contributed by atoms with E-state index in [1.54, 1.807) is 4.90 Å². The molecule has 0 aliphatic carbocycles. The SMILES string of the molecule is O=C1CCC(Cc2ccc(F)cc2F)CN1c1c(Cl)cc(N2CCNCC2)cc1Cl. The van der Waals surface area contributed by atoms with Gasteiger partial charge in [0.25, 0.3) is 0 Å². The predicted molar refractivity (Wildman–Crippen MR) is 117 cm³/mol. The van der Waals surface area contributed by atoms with Crippen molar-refractivity contribution in [3.8, 4) is 0 Å². The van der Waals surface area contributed by atoms with Gasteiger partial charge in [-0.1, -0.05) is 29.3 Å². The highest BCUT2D eigenvalue weighted by atomic mass is 35.5. The number of carbonyl (C=O) groups is 1. The van der Waals surface area contributed by atoms with E-state index in [1.807, 2.05) is 12.1 Å². The van der Waals surface area contributed by atoms with Crippen molar-refractivity contribution in [1.29, 1.82) is 0 Å². The molecule has 2 saturated heterocycles. The number of halogens is 4. The van der Waals surface area contributed by atoms with E-state index in [-0.39, 0.29) is 11.8 Å². The van der Waals surface area contributed by atoms with Crippen LogP contribution in [0.4, 0.5) is 20.2 Å². The molecule has 30 heavy (non-hydrogen) atoms. The van der Waals surface area contributed by atoms with Gasteiger partial charge in [-0.3, -0.25) is 4.79 Å². The summed E-state index contributed by atoms with van der Waals surface area (Å²) in [7, 11) is 0. The molecule has 4 rings (SSSR count). The first kappa shape index (κ1) is 21.3. The number of carbonyl (C=O) groups excluding carboxylic acids is 1. The average molecular weight is 454 g/mol. The maximum atomic E-state index is 14.1. The molecular formula is C22H23Cl2F2N3O. The molecule has 8 heteroatoms. The van der Waals surface area contributed by atoms with Crippen molar-refractivity contribution in [2.24, 2.45) is 5.92 Å². The van der Waals surface area contributed by atoms with Gasteiger partial charge in [-0.05, 0) is 42.5 Å². The van der Waals surface area contributed by atoms with Crippen LogP contribution in [0.2, 0.25) is 10.0 Å². The third-order valence-electron chi connectivity index (χ3n) is 5.79. The molecule has 1 atom stereocenters. The standard InChI is InChI=1S/C22H23Cl2F2N3O/c23-18-11-17(28-7-5-27-6-8-28)12-19(24)22(18)29-13-14(1-4-21(29)30)9-15-2-3-16(25)10-20(15)26/h2-3,10-12,14,27H,1,4-9,13H2. The largest absolute Gasteiger partial charge is 0.369 e. The number of hydrogen-bond acceptors (Lipinski definition) is 3. The molecule has 2 fully saturated rings. The number of anilines is 2. The fraction of sp³-hybridized carbons (Fsp3) is 0.409. The van der Waals surface area contributed by atoms with Crippen LogP contribution in [-0.4, -0.2) is 38.6 Å². The number of piperazine rings is 1. The van der Waals surface area contributed by atoms with Gasteiger partial charge in [0.15, 0.2) is 0 Å². The third-order valence-corrected chi connectivity index (χ3v) is 6.36.